The maximum atomic E-state index is 2.38. The minimum atomic E-state index is 0.588. The summed E-state index contributed by atoms with van der Waals surface area (Å²) in [4.78, 5) is 0. The molecule has 0 amide bonds. The first kappa shape index (κ1) is 13.6. The van der Waals surface area contributed by atoms with Crippen LogP contribution in [-0.4, -0.2) is 0 Å². The Kier molecular flexibility index (Phi) is 5.43. The summed E-state index contributed by atoms with van der Waals surface area (Å²) in [5, 5.41) is 0. The van der Waals surface area contributed by atoms with Crippen LogP contribution in [0.3, 0.4) is 0 Å². The average molecular weight is 250 g/mol. The number of benzene rings is 2. The fraction of sp³-hybridized carbons (Fsp3) is 0.263. The van der Waals surface area contributed by atoms with E-state index in [2.05, 4.69) is 79.7 Å². The third-order valence-corrected chi connectivity index (χ3v) is 3.33. The van der Waals surface area contributed by atoms with Crippen LogP contribution in [0.5, 0.6) is 0 Å². The van der Waals surface area contributed by atoms with Crippen LogP contribution in [0.25, 0.3) is 0 Å². The second-order valence-electron chi connectivity index (χ2n) is 4.98. The molecule has 2 aromatic carbocycles. The number of allylic oxidation sites excluding steroid dienone is 2. The fourth-order valence-corrected chi connectivity index (χ4v) is 2.37. The van der Waals surface area contributed by atoms with E-state index in [0.29, 0.717) is 5.92 Å². The molecule has 0 heterocycles. The maximum absolute atomic E-state index is 2.38. The van der Waals surface area contributed by atoms with Crippen LogP contribution in [0.15, 0.2) is 72.8 Å². The smallest absolute Gasteiger partial charge is 0.0153 e. The van der Waals surface area contributed by atoms with Gasteiger partial charge < -0.3 is 0 Å². The lowest BCUT2D eigenvalue weighted by Crippen LogP contribution is -2.05. The Morgan fingerprint density at radius 2 is 1.26 bits per heavy atom. The van der Waals surface area contributed by atoms with Crippen molar-refractivity contribution < 1.29 is 0 Å². The summed E-state index contributed by atoms with van der Waals surface area (Å²) < 4.78 is 0. The molecule has 0 spiro atoms. The molecule has 0 N–H and O–H groups in total. The molecule has 0 nitrogen and oxygen atoms in total. The van der Waals surface area contributed by atoms with E-state index in [-0.39, 0.29) is 0 Å². The highest BCUT2D eigenvalue weighted by atomic mass is 14.1. The van der Waals surface area contributed by atoms with Crippen molar-refractivity contribution in [2.45, 2.75) is 26.2 Å². The van der Waals surface area contributed by atoms with E-state index in [1.54, 1.807) is 0 Å². The maximum Gasteiger partial charge on any atom is -0.0153 e. The molecule has 0 radical (unpaired) electrons. The zero-order valence-corrected chi connectivity index (χ0v) is 11.6. The van der Waals surface area contributed by atoms with Crippen molar-refractivity contribution in [1.82, 2.24) is 0 Å². The highest BCUT2D eigenvalue weighted by Crippen LogP contribution is 2.16. The minimum absolute atomic E-state index is 0.588. The minimum Gasteiger partial charge on any atom is -0.0885 e. The Balaban J connectivity index is 2.06. The van der Waals surface area contributed by atoms with E-state index < -0.39 is 0 Å². The van der Waals surface area contributed by atoms with Crippen molar-refractivity contribution in [3.8, 4) is 0 Å². The molecule has 19 heavy (non-hydrogen) atoms. The van der Waals surface area contributed by atoms with E-state index in [1.807, 2.05) is 0 Å². The van der Waals surface area contributed by atoms with E-state index in [4.69, 9.17) is 0 Å². The largest absolute Gasteiger partial charge is 0.0885 e. The van der Waals surface area contributed by atoms with Crippen LogP contribution in [-0.2, 0) is 12.8 Å². The molecule has 0 aromatic heterocycles. The van der Waals surface area contributed by atoms with E-state index in [9.17, 15) is 0 Å². The van der Waals surface area contributed by atoms with Crippen molar-refractivity contribution in [2.75, 3.05) is 0 Å². The molecule has 0 unspecified atom stereocenters. The second kappa shape index (κ2) is 7.58. The van der Waals surface area contributed by atoms with Gasteiger partial charge in [0, 0.05) is 0 Å². The van der Waals surface area contributed by atoms with E-state index >= 15 is 0 Å². The Labute approximate surface area is 116 Å². The molecule has 0 saturated heterocycles. The van der Waals surface area contributed by atoms with Gasteiger partial charge in [0.1, 0.15) is 0 Å². The Hall–Kier alpha value is -1.82. The zero-order valence-electron chi connectivity index (χ0n) is 11.6. The van der Waals surface area contributed by atoms with Crippen LogP contribution >= 0.6 is 0 Å². The van der Waals surface area contributed by atoms with Crippen molar-refractivity contribution in [3.63, 3.8) is 0 Å². The molecule has 0 fully saturated rings. The predicted molar refractivity (Wildman–Crippen MR) is 83.2 cm³/mol. The monoisotopic (exact) mass is 250 g/mol. The lowest BCUT2D eigenvalue weighted by Gasteiger charge is -2.13. The standard InChI is InChI=1S/C19H22/c1-2-3-10-19(15-17-11-6-4-7-12-17)16-18-13-8-5-9-14-18/h3-14,19H,2,15-16H2,1H3/b10-3-. The summed E-state index contributed by atoms with van der Waals surface area (Å²) in [6.07, 6.45) is 8.01. The topological polar surface area (TPSA) is 0 Å². The predicted octanol–water partition coefficient (Wildman–Crippen LogP) is 5.05. The fourth-order valence-electron chi connectivity index (χ4n) is 2.37. The summed E-state index contributed by atoms with van der Waals surface area (Å²) in [5.74, 6) is 0.588. The van der Waals surface area contributed by atoms with Gasteiger partial charge in [-0.05, 0) is 36.3 Å². The first-order valence-corrected chi connectivity index (χ1v) is 7.13. The third kappa shape index (κ3) is 4.75. The van der Waals surface area contributed by atoms with Crippen LogP contribution < -0.4 is 0 Å². The van der Waals surface area contributed by atoms with Crippen LogP contribution in [0, 0.1) is 5.92 Å². The summed E-state index contributed by atoms with van der Waals surface area (Å²) in [6.45, 7) is 2.19. The van der Waals surface area contributed by atoms with Crippen molar-refractivity contribution in [1.29, 1.82) is 0 Å². The molecule has 2 aromatic rings. The quantitative estimate of drug-likeness (QED) is 0.629. The van der Waals surface area contributed by atoms with Gasteiger partial charge in [0.25, 0.3) is 0 Å². The second-order valence-corrected chi connectivity index (χ2v) is 4.98. The number of hydrogen-bond donors (Lipinski definition) is 0. The summed E-state index contributed by atoms with van der Waals surface area (Å²) in [6, 6.07) is 21.5. The first-order chi connectivity index (χ1) is 9.38. The van der Waals surface area contributed by atoms with Gasteiger partial charge in [-0.15, -0.1) is 0 Å². The summed E-state index contributed by atoms with van der Waals surface area (Å²) >= 11 is 0. The van der Waals surface area contributed by atoms with E-state index in [0.717, 1.165) is 19.3 Å². The average Bonchev–Trinajstić information content (AvgIpc) is 2.47. The molecular formula is C19H22. The lowest BCUT2D eigenvalue weighted by atomic mass is 9.92. The molecular weight excluding hydrogens is 228 g/mol. The Bertz CT molecular complexity index is 440. The highest BCUT2D eigenvalue weighted by Gasteiger charge is 2.07. The molecule has 0 aliphatic rings. The van der Waals surface area contributed by atoms with Gasteiger partial charge in [0.15, 0.2) is 0 Å². The van der Waals surface area contributed by atoms with Crippen LogP contribution in [0.2, 0.25) is 0 Å². The summed E-state index contributed by atoms with van der Waals surface area (Å²) in [5.41, 5.74) is 2.84. The van der Waals surface area contributed by atoms with Gasteiger partial charge in [0.2, 0.25) is 0 Å². The SMILES string of the molecule is CC/C=C\C(Cc1ccccc1)Cc1ccccc1. The molecule has 2 rings (SSSR count). The highest BCUT2D eigenvalue weighted by molar-refractivity contribution is 5.20. The van der Waals surface area contributed by atoms with Crippen molar-refractivity contribution in [2.24, 2.45) is 5.92 Å². The zero-order chi connectivity index (χ0) is 13.3. The molecule has 0 atom stereocenters. The van der Waals surface area contributed by atoms with Gasteiger partial charge in [-0.25, -0.2) is 0 Å². The molecule has 0 bridgehead atoms. The summed E-state index contributed by atoms with van der Waals surface area (Å²) in [7, 11) is 0. The van der Waals surface area contributed by atoms with Crippen LogP contribution in [0.1, 0.15) is 24.5 Å². The molecule has 98 valence electrons. The van der Waals surface area contributed by atoms with Gasteiger partial charge >= 0.3 is 0 Å². The van der Waals surface area contributed by atoms with E-state index in [1.165, 1.54) is 11.1 Å². The van der Waals surface area contributed by atoms with Crippen molar-refractivity contribution in [3.05, 3.63) is 83.9 Å². The molecule has 0 saturated carbocycles. The van der Waals surface area contributed by atoms with Gasteiger partial charge in [-0.3, -0.25) is 0 Å². The molecule has 0 heteroatoms. The molecule has 0 aliphatic carbocycles. The van der Waals surface area contributed by atoms with Gasteiger partial charge in [0.05, 0.1) is 0 Å². The Morgan fingerprint density at radius 1 is 0.789 bits per heavy atom. The molecule has 0 aliphatic heterocycles. The normalized spacial score (nSPS) is 11.3. The Morgan fingerprint density at radius 3 is 1.68 bits per heavy atom. The van der Waals surface area contributed by atoms with Gasteiger partial charge in [-0.2, -0.15) is 0 Å². The number of rotatable bonds is 6. The van der Waals surface area contributed by atoms with Gasteiger partial charge in [-0.1, -0.05) is 79.7 Å². The first-order valence-electron chi connectivity index (χ1n) is 7.13. The van der Waals surface area contributed by atoms with Crippen molar-refractivity contribution >= 4 is 0 Å². The number of hydrogen-bond acceptors (Lipinski definition) is 0. The van der Waals surface area contributed by atoms with Crippen LogP contribution in [0.4, 0.5) is 0 Å². The lowest BCUT2D eigenvalue weighted by molar-refractivity contribution is 0.642. The third-order valence-electron chi connectivity index (χ3n) is 3.33.